The number of hydrogen-bond donors (Lipinski definition) is 2. The van der Waals surface area contributed by atoms with Crippen LogP contribution in [-0.4, -0.2) is 40.4 Å². The SMILES string of the molecule is CC(C1=NN(CCC2CCCC2)C(=O)C1)C(NC(=O)O)C(C)(C)C. The van der Waals surface area contributed by atoms with E-state index < -0.39 is 6.09 Å². The summed E-state index contributed by atoms with van der Waals surface area (Å²) < 4.78 is 0. The van der Waals surface area contributed by atoms with Gasteiger partial charge in [-0.1, -0.05) is 53.4 Å². The van der Waals surface area contributed by atoms with Crippen LogP contribution in [0.2, 0.25) is 0 Å². The Hall–Kier alpha value is -1.59. The van der Waals surface area contributed by atoms with Crippen LogP contribution in [0.1, 0.15) is 66.2 Å². The van der Waals surface area contributed by atoms with E-state index in [-0.39, 0.29) is 23.3 Å². The van der Waals surface area contributed by atoms with Crippen molar-refractivity contribution in [2.24, 2.45) is 22.4 Å². The predicted octanol–water partition coefficient (Wildman–Crippen LogP) is 3.47. The maximum absolute atomic E-state index is 12.3. The average molecular weight is 337 g/mol. The molecule has 1 heterocycles. The molecule has 1 saturated carbocycles. The lowest BCUT2D eigenvalue weighted by Crippen LogP contribution is -2.49. The van der Waals surface area contributed by atoms with Gasteiger partial charge < -0.3 is 10.4 Å². The van der Waals surface area contributed by atoms with E-state index in [2.05, 4.69) is 10.4 Å². The van der Waals surface area contributed by atoms with Crippen LogP contribution in [0.5, 0.6) is 0 Å². The number of amides is 2. The topological polar surface area (TPSA) is 82.0 Å². The highest BCUT2D eigenvalue weighted by Gasteiger charge is 2.37. The second kappa shape index (κ2) is 7.53. The van der Waals surface area contributed by atoms with Crippen LogP contribution < -0.4 is 5.32 Å². The van der Waals surface area contributed by atoms with Gasteiger partial charge in [-0.05, 0) is 17.8 Å². The highest BCUT2D eigenvalue weighted by Crippen LogP contribution is 2.30. The van der Waals surface area contributed by atoms with Gasteiger partial charge in [-0.25, -0.2) is 9.80 Å². The van der Waals surface area contributed by atoms with Crippen molar-refractivity contribution in [3.05, 3.63) is 0 Å². The van der Waals surface area contributed by atoms with Crippen molar-refractivity contribution >= 4 is 17.7 Å². The molecule has 2 amide bonds. The number of hydrazone groups is 1. The summed E-state index contributed by atoms with van der Waals surface area (Å²) in [5.41, 5.74) is 0.542. The summed E-state index contributed by atoms with van der Waals surface area (Å²) in [4.78, 5) is 23.4. The minimum atomic E-state index is -1.04. The molecule has 136 valence electrons. The van der Waals surface area contributed by atoms with Gasteiger partial charge >= 0.3 is 6.09 Å². The quantitative estimate of drug-likeness (QED) is 0.778. The summed E-state index contributed by atoms with van der Waals surface area (Å²) in [5.74, 6) is 0.657. The molecule has 0 bridgehead atoms. The molecule has 2 aliphatic rings. The summed E-state index contributed by atoms with van der Waals surface area (Å²) in [7, 11) is 0. The summed E-state index contributed by atoms with van der Waals surface area (Å²) >= 11 is 0. The predicted molar refractivity (Wildman–Crippen MR) is 93.9 cm³/mol. The van der Waals surface area contributed by atoms with E-state index in [1.807, 2.05) is 27.7 Å². The number of nitrogens with zero attached hydrogens (tertiary/aromatic N) is 2. The van der Waals surface area contributed by atoms with Gasteiger partial charge in [0.15, 0.2) is 0 Å². The molecule has 1 fully saturated rings. The van der Waals surface area contributed by atoms with Gasteiger partial charge in [-0.2, -0.15) is 5.10 Å². The largest absolute Gasteiger partial charge is 0.465 e. The summed E-state index contributed by atoms with van der Waals surface area (Å²) in [6.45, 7) is 8.64. The minimum absolute atomic E-state index is 0.0397. The van der Waals surface area contributed by atoms with E-state index in [1.54, 1.807) is 5.01 Å². The molecule has 1 aliphatic heterocycles. The van der Waals surface area contributed by atoms with Gasteiger partial charge in [-0.15, -0.1) is 0 Å². The lowest BCUT2D eigenvalue weighted by molar-refractivity contribution is -0.128. The molecule has 2 rings (SSSR count). The van der Waals surface area contributed by atoms with Crippen LogP contribution in [0.3, 0.4) is 0 Å². The number of carboxylic acid groups (broad SMARTS) is 1. The summed E-state index contributed by atoms with van der Waals surface area (Å²) in [5, 5.41) is 17.9. The lowest BCUT2D eigenvalue weighted by atomic mass is 9.77. The molecule has 6 nitrogen and oxygen atoms in total. The molecule has 0 aromatic carbocycles. The summed E-state index contributed by atoms with van der Waals surface area (Å²) in [6, 6.07) is -0.281. The number of nitrogens with one attached hydrogen (secondary N) is 1. The molecule has 0 aromatic rings. The van der Waals surface area contributed by atoms with E-state index >= 15 is 0 Å². The lowest BCUT2D eigenvalue weighted by Gasteiger charge is -2.35. The molecule has 2 N–H and O–H groups in total. The zero-order valence-corrected chi connectivity index (χ0v) is 15.3. The Morgan fingerprint density at radius 2 is 2.00 bits per heavy atom. The second-order valence-electron chi connectivity index (χ2n) is 8.31. The fourth-order valence-corrected chi connectivity index (χ4v) is 3.94. The molecule has 2 atom stereocenters. The fraction of sp³-hybridized carbons (Fsp3) is 0.833. The second-order valence-corrected chi connectivity index (χ2v) is 8.31. The van der Waals surface area contributed by atoms with Crippen LogP contribution in [0.25, 0.3) is 0 Å². The van der Waals surface area contributed by atoms with E-state index in [0.29, 0.717) is 13.0 Å². The number of hydrogen-bond acceptors (Lipinski definition) is 3. The normalized spacial score (nSPS) is 21.8. The van der Waals surface area contributed by atoms with Gasteiger partial charge in [0.2, 0.25) is 5.91 Å². The van der Waals surface area contributed by atoms with Gasteiger partial charge in [-0.3, -0.25) is 4.79 Å². The first-order valence-electron chi connectivity index (χ1n) is 9.05. The van der Waals surface area contributed by atoms with Crippen LogP contribution >= 0.6 is 0 Å². The highest BCUT2D eigenvalue weighted by molar-refractivity contribution is 6.06. The monoisotopic (exact) mass is 337 g/mol. The molecule has 0 spiro atoms. The fourth-order valence-electron chi connectivity index (χ4n) is 3.94. The third-order valence-electron chi connectivity index (χ3n) is 5.33. The molecule has 0 aromatic heterocycles. The Morgan fingerprint density at radius 3 is 2.54 bits per heavy atom. The van der Waals surface area contributed by atoms with Crippen molar-refractivity contribution in [1.29, 1.82) is 0 Å². The van der Waals surface area contributed by atoms with Gasteiger partial charge in [0.25, 0.3) is 0 Å². The van der Waals surface area contributed by atoms with Crippen molar-refractivity contribution in [1.82, 2.24) is 10.3 Å². The smallest absolute Gasteiger partial charge is 0.404 e. The molecular formula is C18H31N3O3. The Labute approximate surface area is 144 Å². The van der Waals surface area contributed by atoms with E-state index in [0.717, 1.165) is 18.1 Å². The molecule has 0 saturated heterocycles. The summed E-state index contributed by atoms with van der Waals surface area (Å²) in [6.07, 6.45) is 5.43. The van der Waals surface area contributed by atoms with Crippen LogP contribution in [0.15, 0.2) is 5.10 Å². The van der Waals surface area contributed by atoms with Gasteiger partial charge in [0.1, 0.15) is 0 Å². The standard InChI is InChI=1S/C18H31N3O3/c1-12(16(18(2,3)4)19-17(23)24)14-11-15(22)21(20-14)10-9-13-7-5-6-8-13/h12-13,16,19H,5-11H2,1-4H3,(H,23,24). The van der Waals surface area contributed by atoms with E-state index in [4.69, 9.17) is 5.11 Å². The van der Waals surface area contributed by atoms with E-state index in [9.17, 15) is 9.59 Å². The van der Waals surface area contributed by atoms with Crippen molar-refractivity contribution in [3.8, 4) is 0 Å². The number of carbonyl (C=O) groups is 2. The highest BCUT2D eigenvalue weighted by atomic mass is 16.4. The Morgan fingerprint density at radius 1 is 1.38 bits per heavy atom. The Balaban J connectivity index is 2.01. The Kier molecular flexibility index (Phi) is 5.88. The maximum Gasteiger partial charge on any atom is 0.404 e. The molecule has 6 heteroatoms. The zero-order valence-electron chi connectivity index (χ0n) is 15.3. The van der Waals surface area contributed by atoms with Crippen molar-refractivity contribution in [2.45, 2.75) is 72.3 Å². The van der Waals surface area contributed by atoms with Crippen molar-refractivity contribution < 1.29 is 14.7 Å². The first-order chi connectivity index (χ1) is 11.2. The average Bonchev–Trinajstić information content (AvgIpc) is 3.10. The van der Waals surface area contributed by atoms with Crippen molar-refractivity contribution in [2.75, 3.05) is 6.54 Å². The first-order valence-corrected chi connectivity index (χ1v) is 9.05. The first kappa shape index (κ1) is 18.7. The van der Waals surface area contributed by atoms with Crippen molar-refractivity contribution in [3.63, 3.8) is 0 Å². The molecule has 2 unspecified atom stereocenters. The molecule has 0 radical (unpaired) electrons. The zero-order chi connectivity index (χ0) is 17.9. The van der Waals surface area contributed by atoms with Gasteiger partial charge in [0.05, 0.1) is 12.1 Å². The van der Waals surface area contributed by atoms with Crippen LogP contribution in [-0.2, 0) is 4.79 Å². The minimum Gasteiger partial charge on any atom is -0.465 e. The molecule has 1 aliphatic carbocycles. The molecular weight excluding hydrogens is 306 g/mol. The van der Waals surface area contributed by atoms with Crippen LogP contribution in [0, 0.1) is 17.3 Å². The third kappa shape index (κ3) is 4.71. The maximum atomic E-state index is 12.3. The number of rotatable bonds is 6. The van der Waals surface area contributed by atoms with Gasteiger partial charge in [0, 0.05) is 18.5 Å². The van der Waals surface area contributed by atoms with Crippen LogP contribution in [0.4, 0.5) is 4.79 Å². The number of carbonyl (C=O) groups excluding carboxylic acids is 1. The Bertz CT molecular complexity index is 504. The van der Waals surface area contributed by atoms with E-state index in [1.165, 1.54) is 25.7 Å². The molecule has 24 heavy (non-hydrogen) atoms. The third-order valence-corrected chi connectivity index (χ3v) is 5.33.